The highest BCUT2D eigenvalue weighted by molar-refractivity contribution is 7.10. The van der Waals surface area contributed by atoms with Crippen LogP contribution in [0.3, 0.4) is 0 Å². The van der Waals surface area contributed by atoms with Gasteiger partial charge in [-0.05, 0) is 30.2 Å². The van der Waals surface area contributed by atoms with Gasteiger partial charge in [-0.3, -0.25) is 4.79 Å². The molecular weight excluding hydrogens is 289 g/mol. The topological polar surface area (TPSA) is 38.3 Å². The van der Waals surface area contributed by atoms with Crippen molar-refractivity contribution in [3.63, 3.8) is 0 Å². The van der Waals surface area contributed by atoms with Gasteiger partial charge in [0.1, 0.15) is 6.10 Å². The van der Waals surface area contributed by atoms with Gasteiger partial charge in [0.15, 0.2) is 5.13 Å². The van der Waals surface area contributed by atoms with Crippen LogP contribution in [0.2, 0.25) is 0 Å². The minimum absolute atomic E-state index is 0.125. The Labute approximate surface area is 126 Å². The predicted molar refractivity (Wildman–Crippen MR) is 80.2 cm³/mol. The number of aryl methyl sites for hydroxylation is 1. The van der Waals surface area contributed by atoms with E-state index in [4.69, 9.17) is 4.74 Å². The molecule has 0 spiro atoms. The molecule has 1 aromatic heterocycles. The molecule has 0 saturated heterocycles. The largest absolute Gasteiger partial charge is 0.371 e. The highest BCUT2D eigenvalue weighted by Gasteiger charge is 2.24. The van der Waals surface area contributed by atoms with Crippen LogP contribution in [0.25, 0.3) is 0 Å². The normalized spacial score (nSPS) is 17.3. The third kappa shape index (κ3) is 2.99. The molecule has 110 valence electrons. The van der Waals surface area contributed by atoms with Crippen molar-refractivity contribution in [1.82, 2.24) is 5.32 Å². The Bertz CT molecular complexity index is 668. The molecule has 1 amide bonds. The summed E-state index contributed by atoms with van der Waals surface area (Å²) in [5, 5.41) is 2.68. The predicted octanol–water partition coefficient (Wildman–Crippen LogP) is 3.24. The summed E-state index contributed by atoms with van der Waals surface area (Å²) in [6.07, 6.45) is 0.481. The van der Waals surface area contributed by atoms with Gasteiger partial charge in [0.2, 0.25) is 0 Å². The maximum Gasteiger partial charge on any atom is 0.251 e. The molecular formula is C16H16FNO2S. The first kappa shape index (κ1) is 14.2. The van der Waals surface area contributed by atoms with E-state index in [9.17, 15) is 9.18 Å². The number of nitrogens with one attached hydrogen (secondary N) is 1. The number of benzene rings is 1. The number of thiophene rings is 1. The lowest BCUT2D eigenvalue weighted by atomic mass is 10.1. The summed E-state index contributed by atoms with van der Waals surface area (Å²) >= 11 is 1.17. The number of hydrogen-bond donors (Lipinski definition) is 1. The second kappa shape index (κ2) is 5.95. The first-order chi connectivity index (χ1) is 10.1. The Kier molecular flexibility index (Phi) is 4.03. The van der Waals surface area contributed by atoms with Gasteiger partial charge >= 0.3 is 0 Å². The molecule has 0 bridgehead atoms. The molecule has 0 fully saturated rings. The zero-order valence-electron chi connectivity index (χ0n) is 11.7. The number of rotatable bonds is 3. The van der Waals surface area contributed by atoms with E-state index < -0.39 is 0 Å². The molecule has 1 aromatic carbocycles. The van der Waals surface area contributed by atoms with Crippen molar-refractivity contribution in [2.75, 3.05) is 13.2 Å². The van der Waals surface area contributed by atoms with E-state index in [2.05, 4.69) is 5.32 Å². The van der Waals surface area contributed by atoms with Gasteiger partial charge in [-0.2, -0.15) is 4.39 Å². The van der Waals surface area contributed by atoms with Crippen LogP contribution in [0.5, 0.6) is 0 Å². The zero-order chi connectivity index (χ0) is 14.8. The minimum Gasteiger partial charge on any atom is -0.371 e. The molecule has 1 N–H and O–H groups in total. The van der Waals surface area contributed by atoms with Crippen molar-refractivity contribution in [1.29, 1.82) is 0 Å². The Balaban J connectivity index is 1.69. The fourth-order valence-electron chi connectivity index (χ4n) is 2.54. The third-order valence-corrected chi connectivity index (χ3v) is 4.64. The van der Waals surface area contributed by atoms with Crippen LogP contribution in [-0.4, -0.2) is 19.1 Å². The maximum atomic E-state index is 13.4. The van der Waals surface area contributed by atoms with Gasteiger partial charge in [-0.25, -0.2) is 0 Å². The number of fused-ring (bicyclic) bond motifs is 1. The van der Waals surface area contributed by atoms with Gasteiger partial charge in [0, 0.05) is 23.4 Å². The second-order valence-corrected chi connectivity index (χ2v) is 6.15. The van der Waals surface area contributed by atoms with Crippen molar-refractivity contribution < 1.29 is 13.9 Å². The van der Waals surface area contributed by atoms with Crippen molar-refractivity contribution in [3.05, 3.63) is 57.0 Å². The molecule has 1 atom stereocenters. The summed E-state index contributed by atoms with van der Waals surface area (Å²) in [5.74, 6) is -0.125. The van der Waals surface area contributed by atoms with Crippen LogP contribution in [0, 0.1) is 12.1 Å². The molecule has 1 aliphatic heterocycles. The molecule has 0 radical (unpaired) electrons. The van der Waals surface area contributed by atoms with E-state index in [-0.39, 0.29) is 17.1 Å². The smallest absolute Gasteiger partial charge is 0.251 e. The van der Waals surface area contributed by atoms with Crippen LogP contribution in [0.4, 0.5) is 4.39 Å². The second-order valence-electron chi connectivity index (χ2n) is 5.06. The Morgan fingerprint density at radius 1 is 1.48 bits per heavy atom. The van der Waals surface area contributed by atoms with Crippen LogP contribution < -0.4 is 5.32 Å². The van der Waals surface area contributed by atoms with Gasteiger partial charge in [0.05, 0.1) is 6.61 Å². The Morgan fingerprint density at radius 3 is 3.10 bits per heavy atom. The van der Waals surface area contributed by atoms with Crippen LogP contribution in [0.15, 0.2) is 30.3 Å². The van der Waals surface area contributed by atoms with Gasteiger partial charge in [-0.1, -0.05) is 18.2 Å². The molecule has 1 unspecified atom stereocenters. The molecule has 3 nitrogen and oxygen atoms in total. The fourth-order valence-corrected chi connectivity index (χ4v) is 3.45. The standard InChI is InChI=1S/C16H16FNO2S/c1-10-4-2-3-5-11(10)16(19)18-9-13-12-8-15(17)21-14(12)6-7-20-13/h2-5,8,13H,6-7,9H2,1H3,(H,18,19). The van der Waals surface area contributed by atoms with E-state index >= 15 is 0 Å². The average molecular weight is 305 g/mol. The van der Waals surface area contributed by atoms with Crippen LogP contribution in [0.1, 0.15) is 32.5 Å². The van der Waals surface area contributed by atoms with Gasteiger partial charge in [-0.15, -0.1) is 11.3 Å². The Hall–Kier alpha value is -1.72. The lowest BCUT2D eigenvalue weighted by molar-refractivity contribution is 0.0422. The maximum absolute atomic E-state index is 13.4. The summed E-state index contributed by atoms with van der Waals surface area (Å²) < 4.78 is 19.0. The van der Waals surface area contributed by atoms with Crippen molar-refractivity contribution in [3.8, 4) is 0 Å². The van der Waals surface area contributed by atoms with Crippen molar-refractivity contribution in [2.45, 2.75) is 19.4 Å². The number of ether oxygens (including phenoxy) is 1. The monoisotopic (exact) mass is 305 g/mol. The molecule has 2 heterocycles. The van der Waals surface area contributed by atoms with Gasteiger partial charge in [0.25, 0.3) is 5.91 Å². The highest BCUT2D eigenvalue weighted by Crippen LogP contribution is 2.32. The molecule has 0 saturated carbocycles. The third-order valence-electron chi connectivity index (χ3n) is 3.64. The minimum atomic E-state index is -0.262. The zero-order valence-corrected chi connectivity index (χ0v) is 12.5. The van der Waals surface area contributed by atoms with Crippen LogP contribution >= 0.6 is 11.3 Å². The Morgan fingerprint density at radius 2 is 2.29 bits per heavy atom. The van der Waals surface area contributed by atoms with Gasteiger partial charge < -0.3 is 10.1 Å². The number of carbonyl (C=O) groups excluding carboxylic acids is 1. The molecule has 2 aromatic rings. The van der Waals surface area contributed by atoms with Crippen molar-refractivity contribution >= 4 is 17.2 Å². The summed E-state index contributed by atoms with van der Waals surface area (Å²) in [6.45, 7) is 2.83. The molecule has 0 aliphatic carbocycles. The lowest BCUT2D eigenvalue weighted by Gasteiger charge is -2.23. The first-order valence-electron chi connectivity index (χ1n) is 6.88. The van der Waals surface area contributed by atoms with E-state index in [0.29, 0.717) is 18.7 Å². The van der Waals surface area contributed by atoms with Crippen LogP contribution in [-0.2, 0) is 11.2 Å². The molecule has 21 heavy (non-hydrogen) atoms. The summed E-state index contributed by atoms with van der Waals surface area (Å²) in [5.41, 5.74) is 2.46. The van der Waals surface area contributed by atoms with Crippen molar-refractivity contribution in [2.24, 2.45) is 0 Å². The first-order valence-corrected chi connectivity index (χ1v) is 7.70. The fraction of sp³-hybridized carbons (Fsp3) is 0.312. The summed E-state index contributed by atoms with van der Waals surface area (Å²) in [6, 6.07) is 8.95. The number of carbonyl (C=O) groups is 1. The molecule has 5 heteroatoms. The SMILES string of the molecule is Cc1ccccc1C(=O)NCC1OCCc2sc(F)cc21. The number of amides is 1. The number of hydrogen-bond acceptors (Lipinski definition) is 3. The summed E-state index contributed by atoms with van der Waals surface area (Å²) in [4.78, 5) is 13.2. The summed E-state index contributed by atoms with van der Waals surface area (Å²) in [7, 11) is 0. The van der Waals surface area contributed by atoms with E-state index in [1.54, 1.807) is 6.07 Å². The average Bonchev–Trinajstić information content (AvgIpc) is 2.86. The molecule has 3 rings (SSSR count). The van der Waals surface area contributed by atoms with E-state index in [1.807, 2.05) is 25.1 Å². The molecule has 1 aliphatic rings. The number of halogens is 1. The highest BCUT2D eigenvalue weighted by atomic mass is 32.1. The van der Waals surface area contributed by atoms with E-state index in [0.717, 1.165) is 22.4 Å². The van der Waals surface area contributed by atoms with E-state index in [1.165, 1.54) is 17.4 Å². The quantitative estimate of drug-likeness (QED) is 0.945. The lowest BCUT2D eigenvalue weighted by Crippen LogP contribution is -2.31.